The number of carbonyl (C=O) groups excluding carboxylic acids is 3. The first kappa shape index (κ1) is 19.7. The number of carbonyl (C=O) groups is 3. The Hall–Kier alpha value is -2.60. The first-order chi connectivity index (χ1) is 12.6. The standard InChI is InChI=1S/C20H21NO4S/c1-2-25-20(24)13-17(22)14-26-18-10-6-9-16(12-18)21-19(23)11-15-7-4-3-5-8-15/h3-10,12H,2,11,13-14H2,1H3,(H,21,23). The number of hydrogen-bond acceptors (Lipinski definition) is 5. The third-order valence-corrected chi connectivity index (χ3v) is 4.43. The van der Waals surface area contributed by atoms with Crippen molar-refractivity contribution in [3.05, 3.63) is 60.2 Å². The Morgan fingerprint density at radius 3 is 2.54 bits per heavy atom. The lowest BCUT2D eigenvalue weighted by Gasteiger charge is -2.07. The average Bonchev–Trinajstić information content (AvgIpc) is 2.61. The zero-order valence-electron chi connectivity index (χ0n) is 14.6. The van der Waals surface area contributed by atoms with E-state index in [4.69, 9.17) is 4.74 Å². The summed E-state index contributed by atoms with van der Waals surface area (Å²) >= 11 is 1.33. The van der Waals surface area contributed by atoms with Crippen molar-refractivity contribution in [2.45, 2.75) is 24.7 Å². The fraction of sp³-hybridized carbons (Fsp3) is 0.250. The number of thioether (sulfide) groups is 1. The van der Waals surface area contributed by atoms with Gasteiger partial charge in [-0.1, -0.05) is 36.4 Å². The SMILES string of the molecule is CCOC(=O)CC(=O)CSc1cccc(NC(=O)Cc2ccccc2)c1. The maximum Gasteiger partial charge on any atom is 0.313 e. The van der Waals surface area contributed by atoms with Gasteiger partial charge in [0, 0.05) is 10.6 Å². The van der Waals surface area contributed by atoms with Crippen LogP contribution in [0, 0.1) is 0 Å². The van der Waals surface area contributed by atoms with Gasteiger partial charge >= 0.3 is 5.97 Å². The van der Waals surface area contributed by atoms with Gasteiger partial charge in [-0.05, 0) is 30.7 Å². The molecular formula is C20H21NO4S. The minimum absolute atomic E-state index is 0.100. The number of ketones is 1. The summed E-state index contributed by atoms with van der Waals surface area (Å²) in [4.78, 5) is 36.0. The molecule has 0 atom stereocenters. The maximum absolute atomic E-state index is 12.1. The summed E-state index contributed by atoms with van der Waals surface area (Å²) in [6, 6.07) is 16.8. The molecule has 0 radical (unpaired) electrons. The van der Waals surface area contributed by atoms with Crippen LogP contribution < -0.4 is 5.32 Å². The highest BCUT2D eigenvalue weighted by molar-refractivity contribution is 8.00. The molecule has 2 aromatic rings. The van der Waals surface area contributed by atoms with Crippen molar-refractivity contribution in [2.75, 3.05) is 17.7 Å². The number of benzene rings is 2. The first-order valence-corrected chi connectivity index (χ1v) is 9.29. The molecule has 0 aromatic heterocycles. The van der Waals surface area contributed by atoms with Crippen LogP contribution in [0.25, 0.3) is 0 Å². The van der Waals surface area contributed by atoms with Crippen LogP contribution in [-0.4, -0.2) is 30.0 Å². The molecule has 0 fully saturated rings. The van der Waals surface area contributed by atoms with Crippen LogP contribution in [0.15, 0.2) is 59.5 Å². The van der Waals surface area contributed by atoms with E-state index >= 15 is 0 Å². The summed E-state index contributed by atoms with van der Waals surface area (Å²) in [5.74, 6) is -0.607. The minimum atomic E-state index is -0.500. The van der Waals surface area contributed by atoms with Gasteiger partial charge in [0.1, 0.15) is 6.42 Å². The van der Waals surface area contributed by atoms with Crippen LogP contribution in [-0.2, 0) is 25.5 Å². The zero-order chi connectivity index (χ0) is 18.8. The molecule has 0 saturated carbocycles. The van der Waals surface area contributed by atoms with Crippen molar-refractivity contribution in [3.8, 4) is 0 Å². The third kappa shape index (κ3) is 7.11. The van der Waals surface area contributed by atoms with Gasteiger partial charge in [-0.15, -0.1) is 11.8 Å². The molecule has 1 N–H and O–H groups in total. The predicted octanol–water partition coefficient (Wildman–Crippen LogP) is 3.48. The summed E-state index contributed by atoms with van der Waals surface area (Å²) in [5, 5.41) is 2.86. The van der Waals surface area contributed by atoms with E-state index in [1.54, 1.807) is 13.0 Å². The van der Waals surface area contributed by atoms with Gasteiger partial charge in [0.05, 0.1) is 18.8 Å². The molecule has 2 rings (SSSR count). The second kappa shape index (κ2) is 10.4. The second-order valence-corrected chi connectivity index (χ2v) is 6.60. The van der Waals surface area contributed by atoms with Crippen LogP contribution in [0.5, 0.6) is 0 Å². The number of esters is 1. The number of rotatable bonds is 9. The molecule has 0 unspecified atom stereocenters. The quantitative estimate of drug-likeness (QED) is 0.415. The van der Waals surface area contributed by atoms with E-state index in [2.05, 4.69) is 5.32 Å². The van der Waals surface area contributed by atoms with E-state index < -0.39 is 5.97 Å². The van der Waals surface area contributed by atoms with Crippen LogP contribution >= 0.6 is 11.8 Å². The first-order valence-electron chi connectivity index (χ1n) is 8.30. The van der Waals surface area contributed by atoms with E-state index in [0.29, 0.717) is 12.1 Å². The lowest BCUT2D eigenvalue weighted by atomic mass is 10.1. The molecular weight excluding hydrogens is 350 g/mol. The van der Waals surface area contributed by atoms with Crippen molar-refractivity contribution >= 4 is 35.1 Å². The number of Topliss-reactive ketones (excluding diaryl/α,β-unsaturated/α-hetero) is 1. The summed E-state index contributed by atoms with van der Waals surface area (Å²) in [5.41, 5.74) is 1.62. The number of anilines is 1. The predicted molar refractivity (Wildman–Crippen MR) is 102 cm³/mol. The third-order valence-electron chi connectivity index (χ3n) is 3.37. The molecule has 0 bridgehead atoms. The Balaban J connectivity index is 1.84. The summed E-state index contributed by atoms with van der Waals surface area (Å²) in [6.45, 7) is 1.97. The van der Waals surface area contributed by atoms with Crippen molar-refractivity contribution < 1.29 is 19.1 Å². The number of ether oxygens (including phenoxy) is 1. The molecule has 0 spiro atoms. The Morgan fingerprint density at radius 2 is 1.81 bits per heavy atom. The lowest BCUT2D eigenvalue weighted by Crippen LogP contribution is -2.14. The number of amides is 1. The fourth-order valence-corrected chi connectivity index (χ4v) is 3.05. The van der Waals surface area contributed by atoms with Gasteiger partial charge in [-0.2, -0.15) is 0 Å². The van der Waals surface area contributed by atoms with E-state index in [0.717, 1.165) is 10.5 Å². The number of hydrogen-bond donors (Lipinski definition) is 1. The molecule has 0 aliphatic rings. The highest BCUT2D eigenvalue weighted by Gasteiger charge is 2.11. The topological polar surface area (TPSA) is 72.5 Å². The van der Waals surface area contributed by atoms with Gasteiger partial charge in [0.2, 0.25) is 5.91 Å². The fourth-order valence-electron chi connectivity index (χ4n) is 2.24. The molecule has 0 aliphatic heterocycles. The van der Waals surface area contributed by atoms with Gasteiger partial charge in [-0.3, -0.25) is 14.4 Å². The van der Waals surface area contributed by atoms with E-state index in [1.165, 1.54) is 11.8 Å². The van der Waals surface area contributed by atoms with Crippen molar-refractivity contribution in [2.24, 2.45) is 0 Å². The average molecular weight is 371 g/mol. The molecule has 0 saturated heterocycles. The van der Waals surface area contributed by atoms with Crippen LogP contribution in [0.4, 0.5) is 5.69 Å². The number of nitrogens with one attached hydrogen (secondary N) is 1. The van der Waals surface area contributed by atoms with Gasteiger partial charge in [-0.25, -0.2) is 0 Å². The maximum atomic E-state index is 12.1. The van der Waals surface area contributed by atoms with Crippen molar-refractivity contribution in [1.29, 1.82) is 0 Å². The van der Waals surface area contributed by atoms with Crippen LogP contribution in [0.1, 0.15) is 18.9 Å². The monoisotopic (exact) mass is 371 g/mol. The van der Waals surface area contributed by atoms with E-state index in [-0.39, 0.29) is 30.5 Å². The minimum Gasteiger partial charge on any atom is -0.466 e. The Morgan fingerprint density at radius 1 is 1.04 bits per heavy atom. The lowest BCUT2D eigenvalue weighted by molar-refractivity contribution is -0.145. The molecule has 1 amide bonds. The molecule has 5 nitrogen and oxygen atoms in total. The highest BCUT2D eigenvalue weighted by Crippen LogP contribution is 2.22. The largest absolute Gasteiger partial charge is 0.466 e. The smallest absolute Gasteiger partial charge is 0.313 e. The van der Waals surface area contributed by atoms with Crippen molar-refractivity contribution in [3.63, 3.8) is 0 Å². The molecule has 2 aromatic carbocycles. The van der Waals surface area contributed by atoms with Gasteiger partial charge in [0.25, 0.3) is 0 Å². The zero-order valence-corrected chi connectivity index (χ0v) is 15.4. The molecule has 0 heterocycles. The highest BCUT2D eigenvalue weighted by atomic mass is 32.2. The van der Waals surface area contributed by atoms with Crippen LogP contribution in [0.2, 0.25) is 0 Å². The van der Waals surface area contributed by atoms with E-state index in [1.807, 2.05) is 48.5 Å². The molecule has 6 heteroatoms. The summed E-state index contributed by atoms with van der Waals surface area (Å²) < 4.78 is 4.76. The Bertz CT molecular complexity index is 761. The Labute approximate surface area is 157 Å². The van der Waals surface area contributed by atoms with Gasteiger partial charge in [0.15, 0.2) is 5.78 Å². The Kier molecular flexibility index (Phi) is 7.89. The molecule has 0 aliphatic carbocycles. The summed E-state index contributed by atoms with van der Waals surface area (Å²) in [6.07, 6.45) is 0.0879. The molecule has 136 valence electrons. The van der Waals surface area contributed by atoms with Gasteiger partial charge < -0.3 is 10.1 Å². The summed E-state index contributed by atoms with van der Waals surface area (Å²) in [7, 11) is 0. The normalized spacial score (nSPS) is 10.2. The van der Waals surface area contributed by atoms with Crippen molar-refractivity contribution in [1.82, 2.24) is 0 Å². The van der Waals surface area contributed by atoms with E-state index in [9.17, 15) is 14.4 Å². The van der Waals surface area contributed by atoms with Crippen LogP contribution in [0.3, 0.4) is 0 Å². The molecule has 26 heavy (non-hydrogen) atoms. The second-order valence-electron chi connectivity index (χ2n) is 5.55.